The number of aryl methyl sites for hydroxylation is 3. The van der Waals surface area contributed by atoms with E-state index in [1.54, 1.807) is 4.90 Å². The fourth-order valence-corrected chi connectivity index (χ4v) is 5.27. The molecule has 5 nitrogen and oxygen atoms in total. The molecule has 28 heavy (non-hydrogen) atoms. The minimum absolute atomic E-state index is 0.0919. The number of carbonyl (C=O) groups is 3. The third-order valence-electron chi connectivity index (χ3n) is 5.47. The van der Waals surface area contributed by atoms with Gasteiger partial charge in [0.15, 0.2) is 11.5 Å². The maximum Gasteiger partial charge on any atom is 0.343 e. The van der Waals surface area contributed by atoms with Crippen molar-refractivity contribution in [2.75, 3.05) is 11.5 Å². The molecule has 6 heteroatoms. The minimum atomic E-state index is -1.10. The molecule has 2 aromatic carbocycles. The van der Waals surface area contributed by atoms with E-state index < -0.39 is 10.8 Å². The van der Waals surface area contributed by atoms with Crippen LogP contribution >= 0.6 is 11.8 Å². The summed E-state index contributed by atoms with van der Waals surface area (Å²) in [4.78, 5) is 39.4. The summed E-state index contributed by atoms with van der Waals surface area (Å²) in [6, 6.07) is 11.3. The van der Waals surface area contributed by atoms with Crippen molar-refractivity contribution < 1.29 is 19.1 Å². The lowest BCUT2D eigenvalue weighted by atomic mass is 9.98. The Hall–Kier alpha value is -2.60. The number of hydrogen-bond donors (Lipinski definition) is 0. The van der Waals surface area contributed by atoms with Gasteiger partial charge in [-0.2, -0.15) is 0 Å². The standard InChI is InChI=1S/C22H21NO4S/c1-13-10-15(3)16(11-14(13)2)18(24)12-27-21(26)22-9-8-20(25)23(22)17-6-4-5-7-19(17)28-22/h4-7,10-11H,8-9,12H2,1-3H3/t22-/m1/s1. The second-order valence-corrected chi connectivity index (χ2v) is 8.65. The van der Waals surface area contributed by atoms with Crippen molar-refractivity contribution >= 4 is 35.1 Å². The van der Waals surface area contributed by atoms with E-state index in [0.717, 1.165) is 27.3 Å². The van der Waals surface area contributed by atoms with Gasteiger partial charge in [-0.1, -0.05) is 30.0 Å². The van der Waals surface area contributed by atoms with Gasteiger partial charge in [0.25, 0.3) is 0 Å². The second-order valence-electron chi connectivity index (χ2n) is 7.33. The molecule has 0 aliphatic carbocycles. The summed E-state index contributed by atoms with van der Waals surface area (Å²) >= 11 is 1.34. The number of fused-ring (bicyclic) bond motifs is 3. The molecule has 2 aromatic rings. The van der Waals surface area contributed by atoms with Gasteiger partial charge in [0.05, 0.1) is 5.69 Å². The molecule has 0 aromatic heterocycles. The second kappa shape index (κ2) is 6.78. The first-order chi connectivity index (χ1) is 13.3. The Morgan fingerprint density at radius 1 is 1.11 bits per heavy atom. The van der Waals surface area contributed by atoms with Crippen LogP contribution in [0.25, 0.3) is 0 Å². The van der Waals surface area contributed by atoms with E-state index in [1.165, 1.54) is 11.8 Å². The highest BCUT2D eigenvalue weighted by Crippen LogP contribution is 2.56. The van der Waals surface area contributed by atoms with Gasteiger partial charge >= 0.3 is 5.97 Å². The highest BCUT2D eigenvalue weighted by Gasteiger charge is 2.58. The smallest absolute Gasteiger partial charge is 0.343 e. The maximum absolute atomic E-state index is 13.0. The van der Waals surface area contributed by atoms with Crippen LogP contribution in [0, 0.1) is 20.8 Å². The van der Waals surface area contributed by atoms with Crippen molar-refractivity contribution in [3.05, 3.63) is 58.7 Å². The van der Waals surface area contributed by atoms with Crippen molar-refractivity contribution in [1.29, 1.82) is 0 Å². The van der Waals surface area contributed by atoms with Crippen molar-refractivity contribution in [2.45, 2.75) is 43.4 Å². The molecular formula is C22H21NO4S. The molecule has 1 fully saturated rings. The predicted octanol–water partition coefficient (Wildman–Crippen LogP) is 3.97. The average molecular weight is 395 g/mol. The van der Waals surface area contributed by atoms with Crippen LogP contribution in [0.1, 0.15) is 39.9 Å². The summed E-state index contributed by atoms with van der Waals surface area (Å²) in [7, 11) is 0. The maximum atomic E-state index is 13.0. The van der Waals surface area contributed by atoms with E-state index in [2.05, 4.69) is 0 Å². The van der Waals surface area contributed by atoms with Gasteiger partial charge in [-0.3, -0.25) is 14.5 Å². The van der Waals surface area contributed by atoms with Gasteiger partial charge < -0.3 is 4.74 Å². The van der Waals surface area contributed by atoms with Crippen LogP contribution in [0.2, 0.25) is 0 Å². The summed E-state index contributed by atoms with van der Waals surface area (Å²) in [5.41, 5.74) is 4.31. The van der Waals surface area contributed by atoms with Crippen LogP contribution in [-0.4, -0.2) is 29.1 Å². The molecule has 0 bridgehead atoms. The number of benzene rings is 2. The number of ketones is 1. The highest BCUT2D eigenvalue weighted by molar-refractivity contribution is 8.02. The number of anilines is 1. The van der Waals surface area contributed by atoms with Crippen LogP contribution in [0.15, 0.2) is 41.3 Å². The van der Waals surface area contributed by atoms with E-state index in [1.807, 2.05) is 57.2 Å². The zero-order chi connectivity index (χ0) is 20.1. The molecule has 144 valence electrons. The number of carbonyl (C=O) groups excluding carboxylic acids is 3. The van der Waals surface area contributed by atoms with Crippen LogP contribution in [0.3, 0.4) is 0 Å². The fraction of sp³-hybridized carbons (Fsp3) is 0.318. The molecular weight excluding hydrogens is 374 g/mol. The van der Waals surface area contributed by atoms with Gasteiger partial charge in [0.2, 0.25) is 11.7 Å². The molecule has 1 amide bonds. The average Bonchev–Trinajstić information content (AvgIpc) is 3.18. The molecule has 2 heterocycles. The molecule has 0 saturated carbocycles. The zero-order valence-corrected chi connectivity index (χ0v) is 16.9. The Bertz CT molecular complexity index is 1020. The lowest BCUT2D eigenvalue weighted by Crippen LogP contribution is -2.48. The monoisotopic (exact) mass is 395 g/mol. The number of rotatable bonds is 4. The van der Waals surface area contributed by atoms with Crippen LogP contribution in [0.4, 0.5) is 5.69 Å². The van der Waals surface area contributed by atoms with Crippen LogP contribution < -0.4 is 4.90 Å². The quantitative estimate of drug-likeness (QED) is 0.579. The summed E-state index contributed by atoms with van der Waals surface area (Å²) in [6.45, 7) is 5.49. The van der Waals surface area contributed by atoms with Crippen molar-refractivity contribution in [1.82, 2.24) is 0 Å². The number of ether oxygens (including phenoxy) is 1. The van der Waals surface area contributed by atoms with E-state index in [4.69, 9.17) is 4.74 Å². The lowest BCUT2D eigenvalue weighted by Gasteiger charge is -2.28. The van der Waals surface area contributed by atoms with Gasteiger partial charge in [0, 0.05) is 23.3 Å². The Balaban J connectivity index is 1.54. The molecule has 4 rings (SSSR count). The van der Waals surface area contributed by atoms with Gasteiger partial charge in [-0.15, -0.1) is 0 Å². The number of hydrogen-bond acceptors (Lipinski definition) is 5. The number of nitrogens with zero attached hydrogens (tertiary/aromatic N) is 1. The van der Waals surface area contributed by atoms with Gasteiger partial charge in [-0.25, -0.2) is 4.79 Å². The first-order valence-electron chi connectivity index (χ1n) is 9.23. The minimum Gasteiger partial charge on any atom is -0.455 e. The largest absolute Gasteiger partial charge is 0.455 e. The molecule has 1 saturated heterocycles. The molecule has 2 aliphatic heterocycles. The van der Waals surface area contributed by atoms with E-state index in [9.17, 15) is 14.4 Å². The van der Waals surface area contributed by atoms with Crippen molar-refractivity contribution in [2.24, 2.45) is 0 Å². The zero-order valence-electron chi connectivity index (χ0n) is 16.1. The van der Waals surface area contributed by atoms with Gasteiger partial charge in [0.1, 0.15) is 0 Å². The molecule has 2 aliphatic rings. The Morgan fingerprint density at radius 3 is 2.61 bits per heavy atom. The van der Waals surface area contributed by atoms with E-state index in [0.29, 0.717) is 18.4 Å². The third-order valence-corrected chi connectivity index (χ3v) is 6.92. The number of amides is 1. The predicted molar refractivity (Wildman–Crippen MR) is 108 cm³/mol. The lowest BCUT2D eigenvalue weighted by molar-refractivity contribution is -0.145. The van der Waals surface area contributed by atoms with E-state index >= 15 is 0 Å². The summed E-state index contributed by atoms with van der Waals surface area (Å²) < 4.78 is 5.45. The summed E-state index contributed by atoms with van der Waals surface area (Å²) in [5.74, 6) is -0.859. The first kappa shape index (κ1) is 18.7. The number of esters is 1. The Kier molecular flexibility index (Phi) is 4.54. The topological polar surface area (TPSA) is 63.7 Å². The SMILES string of the molecule is Cc1cc(C)c(C(=O)COC(=O)[C@]23CCC(=O)N2c2ccccc2S3)cc1C. The van der Waals surface area contributed by atoms with Crippen molar-refractivity contribution in [3.63, 3.8) is 0 Å². The molecule has 1 atom stereocenters. The Labute approximate surface area is 168 Å². The van der Waals surface area contributed by atoms with Crippen LogP contribution in [0.5, 0.6) is 0 Å². The summed E-state index contributed by atoms with van der Waals surface area (Å²) in [5, 5.41) is 0. The van der Waals surface area contributed by atoms with Gasteiger partial charge in [-0.05, 0) is 55.7 Å². The van der Waals surface area contributed by atoms with Crippen molar-refractivity contribution in [3.8, 4) is 0 Å². The molecule has 0 N–H and O–H groups in total. The molecule has 0 spiro atoms. The van der Waals surface area contributed by atoms with E-state index in [-0.39, 0.29) is 18.3 Å². The number of Topliss-reactive ketones (excluding diaryl/α,β-unsaturated/α-hetero) is 1. The Morgan fingerprint density at radius 2 is 1.82 bits per heavy atom. The first-order valence-corrected chi connectivity index (χ1v) is 10.0. The third kappa shape index (κ3) is 2.83. The normalized spacial score (nSPS) is 20.1. The number of para-hydroxylation sites is 1. The summed E-state index contributed by atoms with van der Waals surface area (Å²) in [6.07, 6.45) is 0.668. The fourth-order valence-electron chi connectivity index (χ4n) is 3.85. The number of thioether (sulfide) groups is 1. The highest BCUT2D eigenvalue weighted by atomic mass is 32.2. The molecule has 0 radical (unpaired) electrons. The van der Waals surface area contributed by atoms with Crippen LogP contribution in [-0.2, 0) is 14.3 Å². The molecule has 0 unspecified atom stereocenters.